The summed E-state index contributed by atoms with van der Waals surface area (Å²) in [5, 5.41) is 1.19. The minimum atomic E-state index is 0.760. The van der Waals surface area contributed by atoms with Crippen molar-refractivity contribution in [1.29, 1.82) is 0 Å². The van der Waals surface area contributed by atoms with Crippen LogP contribution in [0, 0.1) is 5.92 Å². The van der Waals surface area contributed by atoms with Gasteiger partial charge in [0.05, 0.1) is 5.52 Å². The van der Waals surface area contributed by atoms with E-state index in [1.165, 1.54) is 49.5 Å². The van der Waals surface area contributed by atoms with Gasteiger partial charge in [0.15, 0.2) is 0 Å². The third-order valence-electron chi connectivity index (χ3n) is 6.49. The highest BCUT2D eigenvalue weighted by molar-refractivity contribution is 5.90. The Balaban J connectivity index is 1.35. The van der Waals surface area contributed by atoms with E-state index in [4.69, 9.17) is 9.97 Å². The number of piperidine rings is 2. The number of rotatable bonds is 4. The molecule has 3 aromatic rings. The summed E-state index contributed by atoms with van der Waals surface area (Å²) in [6.45, 7) is 4.32. The zero-order chi connectivity index (χ0) is 19.5. The summed E-state index contributed by atoms with van der Waals surface area (Å²) in [6, 6.07) is 19.4. The molecule has 0 spiro atoms. The van der Waals surface area contributed by atoms with Gasteiger partial charge in [-0.3, -0.25) is 0 Å². The van der Waals surface area contributed by atoms with E-state index in [9.17, 15) is 0 Å². The molecular formula is C25H30N4. The van der Waals surface area contributed by atoms with Crippen LogP contribution in [0.1, 0.15) is 37.7 Å². The lowest BCUT2D eigenvalue weighted by molar-refractivity contribution is 0.401. The predicted octanol–water partition coefficient (Wildman–Crippen LogP) is 5.08. The molecule has 0 saturated carbocycles. The van der Waals surface area contributed by atoms with Crippen LogP contribution in [0.25, 0.3) is 10.9 Å². The standard InChI is InChI=1S/C25H30N4/c1-3-9-20(10-4-1)19-21-13-17-29(18-14-21)25-26-23-12-6-5-11-22(23)24(27-25)28-15-7-2-8-16-28/h1,3-6,9-12,21H,2,7-8,13-19H2. The maximum absolute atomic E-state index is 5.10. The van der Waals surface area contributed by atoms with Gasteiger partial charge in [-0.15, -0.1) is 0 Å². The van der Waals surface area contributed by atoms with Crippen molar-refractivity contribution in [2.45, 2.75) is 38.5 Å². The van der Waals surface area contributed by atoms with E-state index in [0.717, 1.165) is 49.4 Å². The average molecular weight is 387 g/mol. The molecule has 2 fully saturated rings. The molecule has 2 aliphatic heterocycles. The first kappa shape index (κ1) is 18.4. The molecule has 0 unspecified atom stereocenters. The normalized spacial score (nSPS) is 18.3. The van der Waals surface area contributed by atoms with Crippen LogP contribution in [0.2, 0.25) is 0 Å². The first-order valence-corrected chi connectivity index (χ1v) is 11.2. The smallest absolute Gasteiger partial charge is 0.227 e. The molecule has 5 rings (SSSR count). The summed E-state index contributed by atoms with van der Waals surface area (Å²) in [6.07, 6.45) is 7.47. The lowest BCUT2D eigenvalue weighted by Gasteiger charge is -2.34. The highest BCUT2D eigenvalue weighted by Gasteiger charge is 2.24. The van der Waals surface area contributed by atoms with Gasteiger partial charge in [-0.05, 0) is 62.1 Å². The Labute approximate surface area is 173 Å². The van der Waals surface area contributed by atoms with Crippen molar-refractivity contribution in [3.63, 3.8) is 0 Å². The van der Waals surface area contributed by atoms with Crippen LogP contribution in [0.15, 0.2) is 54.6 Å². The summed E-state index contributed by atoms with van der Waals surface area (Å²) in [5.41, 5.74) is 2.53. The number of anilines is 2. The highest BCUT2D eigenvalue weighted by Crippen LogP contribution is 2.30. The molecular weight excluding hydrogens is 356 g/mol. The maximum atomic E-state index is 5.10. The summed E-state index contributed by atoms with van der Waals surface area (Å²) in [5.74, 6) is 2.81. The molecule has 4 heteroatoms. The Morgan fingerprint density at radius 1 is 0.724 bits per heavy atom. The van der Waals surface area contributed by atoms with Gasteiger partial charge >= 0.3 is 0 Å². The van der Waals surface area contributed by atoms with E-state index in [0.29, 0.717) is 0 Å². The molecule has 150 valence electrons. The van der Waals surface area contributed by atoms with Crippen LogP contribution in [-0.4, -0.2) is 36.1 Å². The largest absolute Gasteiger partial charge is 0.356 e. The number of hydrogen-bond acceptors (Lipinski definition) is 4. The first-order chi connectivity index (χ1) is 14.4. The molecule has 0 N–H and O–H groups in total. The van der Waals surface area contributed by atoms with E-state index in [1.807, 2.05) is 0 Å². The van der Waals surface area contributed by atoms with Gasteiger partial charge in [-0.2, -0.15) is 4.98 Å². The molecule has 0 bridgehead atoms. The van der Waals surface area contributed by atoms with Crippen molar-refractivity contribution in [2.24, 2.45) is 5.92 Å². The monoisotopic (exact) mass is 386 g/mol. The van der Waals surface area contributed by atoms with Crippen LogP contribution in [-0.2, 0) is 6.42 Å². The van der Waals surface area contributed by atoms with Crippen molar-refractivity contribution in [3.8, 4) is 0 Å². The zero-order valence-corrected chi connectivity index (χ0v) is 17.1. The SMILES string of the molecule is c1ccc(CC2CCN(c3nc(N4CCCCC4)c4ccccc4n3)CC2)cc1. The Kier molecular flexibility index (Phi) is 5.33. The molecule has 29 heavy (non-hydrogen) atoms. The third kappa shape index (κ3) is 4.07. The topological polar surface area (TPSA) is 32.3 Å². The number of benzene rings is 2. The minimum Gasteiger partial charge on any atom is -0.356 e. The predicted molar refractivity (Wildman–Crippen MR) is 121 cm³/mol. The lowest BCUT2D eigenvalue weighted by atomic mass is 9.90. The van der Waals surface area contributed by atoms with Gasteiger partial charge in [-0.1, -0.05) is 42.5 Å². The molecule has 0 amide bonds. The van der Waals surface area contributed by atoms with Crippen LogP contribution >= 0.6 is 0 Å². The second kappa shape index (κ2) is 8.40. The van der Waals surface area contributed by atoms with Crippen LogP contribution < -0.4 is 9.80 Å². The molecule has 2 saturated heterocycles. The summed E-state index contributed by atoms with van der Waals surface area (Å²) >= 11 is 0. The van der Waals surface area contributed by atoms with Gasteiger partial charge in [0.2, 0.25) is 5.95 Å². The first-order valence-electron chi connectivity index (χ1n) is 11.2. The van der Waals surface area contributed by atoms with E-state index in [1.54, 1.807) is 0 Å². The molecule has 3 heterocycles. The van der Waals surface area contributed by atoms with Gasteiger partial charge in [-0.25, -0.2) is 4.98 Å². The second-order valence-electron chi connectivity index (χ2n) is 8.53. The Morgan fingerprint density at radius 2 is 1.45 bits per heavy atom. The number of nitrogens with zero attached hydrogens (tertiary/aromatic N) is 4. The van der Waals surface area contributed by atoms with Gasteiger partial charge in [0, 0.05) is 31.6 Å². The fourth-order valence-electron chi connectivity index (χ4n) is 4.82. The van der Waals surface area contributed by atoms with Crippen LogP contribution in [0.5, 0.6) is 0 Å². The van der Waals surface area contributed by atoms with Crippen molar-refractivity contribution < 1.29 is 0 Å². The van der Waals surface area contributed by atoms with Crippen molar-refractivity contribution in [1.82, 2.24) is 9.97 Å². The fraction of sp³-hybridized carbons (Fsp3) is 0.440. The average Bonchev–Trinajstić information content (AvgIpc) is 2.80. The fourth-order valence-corrected chi connectivity index (χ4v) is 4.82. The molecule has 2 aliphatic rings. The number of hydrogen-bond donors (Lipinski definition) is 0. The van der Waals surface area contributed by atoms with E-state index in [2.05, 4.69) is 64.4 Å². The van der Waals surface area contributed by atoms with E-state index < -0.39 is 0 Å². The Hall–Kier alpha value is -2.62. The van der Waals surface area contributed by atoms with Crippen LogP contribution in [0.3, 0.4) is 0 Å². The molecule has 0 aliphatic carbocycles. The van der Waals surface area contributed by atoms with Gasteiger partial charge < -0.3 is 9.80 Å². The Bertz CT molecular complexity index is 941. The Morgan fingerprint density at radius 3 is 2.24 bits per heavy atom. The molecule has 0 atom stereocenters. The van der Waals surface area contributed by atoms with Crippen molar-refractivity contribution >= 4 is 22.7 Å². The van der Waals surface area contributed by atoms with E-state index in [-0.39, 0.29) is 0 Å². The molecule has 4 nitrogen and oxygen atoms in total. The summed E-state index contributed by atoms with van der Waals surface area (Å²) in [4.78, 5) is 14.9. The number of para-hydroxylation sites is 1. The number of aromatic nitrogens is 2. The lowest BCUT2D eigenvalue weighted by Crippen LogP contribution is -2.36. The van der Waals surface area contributed by atoms with Crippen molar-refractivity contribution in [2.75, 3.05) is 36.0 Å². The maximum Gasteiger partial charge on any atom is 0.227 e. The summed E-state index contributed by atoms with van der Waals surface area (Å²) in [7, 11) is 0. The van der Waals surface area contributed by atoms with Gasteiger partial charge in [0.1, 0.15) is 5.82 Å². The van der Waals surface area contributed by atoms with Crippen LogP contribution in [0.4, 0.5) is 11.8 Å². The third-order valence-corrected chi connectivity index (χ3v) is 6.49. The minimum absolute atomic E-state index is 0.760. The number of fused-ring (bicyclic) bond motifs is 1. The van der Waals surface area contributed by atoms with Crippen molar-refractivity contribution in [3.05, 3.63) is 60.2 Å². The zero-order valence-electron chi connectivity index (χ0n) is 17.1. The quantitative estimate of drug-likeness (QED) is 0.626. The molecule has 1 aromatic heterocycles. The van der Waals surface area contributed by atoms with Gasteiger partial charge in [0.25, 0.3) is 0 Å². The second-order valence-corrected chi connectivity index (χ2v) is 8.53. The molecule has 0 radical (unpaired) electrons. The van der Waals surface area contributed by atoms with E-state index >= 15 is 0 Å². The summed E-state index contributed by atoms with van der Waals surface area (Å²) < 4.78 is 0. The molecule has 2 aromatic carbocycles. The highest BCUT2D eigenvalue weighted by atomic mass is 15.3.